The fraction of sp³-hybridized carbons (Fsp3) is 0.938. The predicted molar refractivity (Wildman–Crippen MR) is 77.4 cm³/mol. The summed E-state index contributed by atoms with van der Waals surface area (Å²) in [6.07, 6.45) is 7.84. The molecular formula is C16H31NO. The molecule has 1 atom stereocenters. The molecule has 1 aliphatic carbocycles. The van der Waals surface area contributed by atoms with Crippen LogP contribution in [0.3, 0.4) is 0 Å². The van der Waals surface area contributed by atoms with Crippen molar-refractivity contribution >= 4 is 5.78 Å². The maximum absolute atomic E-state index is 12.3. The van der Waals surface area contributed by atoms with E-state index < -0.39 is 0 Å². The van der Waals surface area contributed by atoms with Crippen molar-refractivity contribution in [3.63, 3.8) is 0 Å². The molecule has 0 amide bonds. The fourth-order valence-electron chi connectivity index (χ4n) is 3.27. The quantitative estimate of drug-likeness (QED) is 0.750. The van der Waals surface area contributed by atoms with Gasteiger partial charge in [0.05, 0.1) is 0 Å². The summed E-state index contributed by atoms with van der Waals surface area (Å²) in [5, 5.41) is 0. The van der Waals surface area contributed by atoms with E-state index in [9.17, 15) is 4.79 Å². The van der Waals surface area contributed by atoms with Gasteiger partial charge in [0.2, 0.25) is 0 Å². The van der Waals surface area contributed by atoms with Gasteiger partial charge in [-0.1, -0.05) is 27.2 Å². The van der Waals surface area contributed by atoms with E-state index in [0.29, 0.717) is 30.1 Å². The molecule has 0 aliphatic heterocycles. The highest BCUT2D eigenvalue weighted by molar-refractivity contribution is 5.81. The van der Waals surface area contributed by atoms with E-state index in [0.717, 1.165) is 31.6 Å². The number of hydrogen-bond acceptors (Lipinski definition) is 2. The molecule has 1 fully saturated rings. The molecular weight excluding hydrogens is 222 g/mol. The molecule has 0 bridgehead atoms. The minimum absolute atomic E-state index is 0.342. The normalized spacial score (nSPS) is 26.3. The maximum atomic E-state index is 12.3. The van der Waals surface area contributed by atoms with Crippen LogP contribution in [0.2, 0.25) is 0 Å². The number of ketones is 1. The fourth-order valence-corrected chi connectivity index (χ4v) is 3.27. The molecule has 18 heavy (non-hydrogen) atoms. The number of hydrogen-bond donors (Lipinski definition) is 1. The molecule has 0 aromatic heterocycles. The molecule has 0 aromatic rings. The van der Waals surface area contributed by atoms with E-state index in [4.69, 9.17) is 5.73 Å². The number of nitrogens with two attached hydrogens (primary N) is 1. The van der Waals surface area contributed by atoms with Gasteiger partial charge in [-0.15, -0.1) is 0 Å². The van der Waals surface area contributed by atoms with Crippen LogP contribution in [0.5, 0.6) is 0 Å². The average Bonchev–Trinajstić information content (AvgIpc) is 2.37. The monoisotopic (exact) mass is 253 g/mol. The van der Waals surface area contributed by atoms with Crippen LogP contribution in [0.15, 0.2) is 0 Å². The van der Waals surface area contributed by atoms with Gasteiger partial charge in [-0.05, 0) is 56.4 Å². The number of rotatable bonds is 7. The summed E-state index contributed by atoms with van der Waals surface area (Å²) in [4.78, 5) is 12.3. The SMILES string of the molecule is CCC1CCC(C(=O)CC(CN)CC(C)C)CC1. The van der Waals surface area contributed by atoms with Crippen LogP contribution in [0.1, 0.15) is 65.7 Å². The molecule has 0 heterocycles. The molecule has 2 N–H and O–H groups in total. The van der Waals surface area contributed by atoms with Crippen molar-refractivity contribution in [2.45, 2.75) is 65.7 Å². The van der Waals surface area contributed by atoms with E-state index in [1.807, 2.05) is 0 Å². The molecule has 1 rings (SSSR count). The molecule has 0 aromatic carbocycles. The van der Waals surface area contributed by atoms with Gasteiger partial charge in [0, 0.05) is 12.3 Å². The van der Waals surface area contributed by atoms with Gasteiger partial charge in [-0.2, -0.15) is 0 Å². The minimum atomic E-state index is 0.342. The zero-order valence-electron chi connectivity index (χ0n) is 12.5. The van der Waals surface area contributed by atoms with E-state index >= 15 is 0 Å². The van der Waals surface area contributed by atoms with Gasteiger partial charge < -0.3 is 5.73 Å². The predicted octanol–water partition coefficient (Wildman–Crippen LogP) is 3.78. The van der Waals surface area contributed by atoms with Crippen molar-refractivity contribution in [2.24, 2.45) is 29.4 Å². The molecule has 1 aliphatic rings. The van der Waals surface area contributed by atoms with Crippen LogP contribution in [0.25, 0.3) is 0 Å². The highest BCUT2D eigenvalue weighted by atomic mass is 16.1. The lowest BCUT2D eigenvalue weighted by atomic mass is 9.77. The molecule has 2 nitrogen and oxygen atoms in total. The zero-order valence-corrected chi connectivity index (χ0v) is 12.5. The second-order valence-electron chi connectivity index (χ2n) is 6.53. The maximum Gasteiger partial charge on any atom is 0.136 e. The molecule has 0 spiro atoms. The van der Waals surface area contributed by atoms with E-state index in [1.165, 1.54) is 19.3 Å². The Balaban J connectivity index is 2.35. The van der Waals surface area contributed by atoms with Gasteiger partial charge >= 0.3 is 0 Å². The lowest BCUT2D eigenvalue weighted by Crippen LogP contribution is -2.26. The Labute approximate surface area is 113 Å². The third kappa shape index (κ3) is 5.09. The first-order valence-corrected chi connectivity index (χ1v) is 7.79. The summed E-state index contributed by atoms with van der Waals surface area (Å²) < 4.78 is 0. The van der Waals surface area contributed by atoms with Gasteiger partial charge in [0.25, 0.3) is 0 Å². The van der Waals surface area contributed by atoms with E-state index in [-0.39, 0.29) is 0 Å². The van der Waals surface area contributed by atoms with Crippen LogP contribution in [0.4, 0.5) is 0 Å². The largest absolute Gasteiger partial charge is 0.330 e. The van der Waals surface area contributed by atoms with Crippen LogP contribution in [-0.2, 0) is 4.79 Å². The lowest BCUT2D eigenvalue weighted by molar-refractivity contribution is -0.125. The summed E-state index contributed by atoms with van der Waals surface area (Å²) >= 11 is 0. The summed E-state index contributed by atoms with van der Waals surface area (Å²) in [5.41, 5.74) is 5.79. The first-order valence-electron chi connectivity index (χ1n) is 7.79. The highest BCUT2D eigenvalue weighted by Gasteiger charge is 2.26. The molecule has 106 valence electrons. The third-order valence-corrected chi connectivity index (χ3v) is 4.51. The number of carbonyl (C=O) groups excluding carboxylic acids is 1. The van der Waals surface area contributed by atoms with Gasteiger partial charge in [-0.3, -0.25) is 4.79 Å². The number of Topliss-reactive ketones (excluding diaryl/α,β-unsaturated/α-hetero) is 1. The summed E-state index contributed by atoms with van der Waals surface area (Å²) in [6, 6.07) is 0. The van der Waals surface area contributed by atoms with Crippen molar-refractivity contribution in [3.05, 3.63) is 0 Å². The topological polar surface area (TPSA) is 43.1 Å². The van der Waals surface area contributed by atoms with Crippen molar-refractivity contribution in [1.29, 1.82) is 0 Å². The Bertz CT molecular complexity index is 241. The molecule has 2 heteroatoms. The third-order valence-electron chi connectivity index (χ3n) is 4.51. The van der Waals surface area contributed by atoms with Crippen molar-refractivity contribution in [3.8, 4) is 0 Å². The second kappa shape index (κ2) is 7.93. The van der Waals surface area contributed by atoms with Crippen LogP contribution in [-0.4, -0.2) is 12.3 Å². The van der Waals surface area contributed by atoms with Gasteiger partial charge in [-0.25, -0.2) is 0 Å². The van der Waals surface area contributed by atoms with Crippen LogP contribution >= 0.6 is 0 Å². The molecule has 0 radical (unpaired) electrons. The summed E-state index contributed by atoms with van der Waals surface area (Å²) in [6.45, 7) is 7.34. The Morgan fingerprint density at radius 3 is 2.28 bits per heavy atom. The summed E-state index contributed by atoms with van der Waals surface area (Å²) in [7, 11) is 0. The number of carbonyl (C=O) groups is 1. The van der Waals surface area contributed by atoms with Crippen LogP contribution in [0, 0.1) is 23.7 Å². The molecule has 1 unspecified atom stereocenters. The Morgan fingerprint density at radius 2 is 1.83 bits per heavy atom. The molecule has 1 saturated carbocycles. The minimum Gasteiger partial charge on any atom is -0.330 e. The zero-order chi connectivity index (χ0) is 13.5. The Hall–Kier alpha value is -0.370. The van der Waals surface area contributed by atoms with Gasteiger partial charge in [0.15, 0.2) is 0 Å². The Morgan fingerprint density at radius 1 is 1.22 bits per heavy atom. The van der Waals surface area contributed by atoms with Crippen molar-refractivity contribution < 1.29 is 4.79 Å². The first-order chi connectivity index (χ1) is 8.56. The van der Waals surface area contributed by atoms with Crippen LogP contribution < -0.4 is 5.73 Å². The Kier molecular flexibility index (Phi) is 6.91. The standard InChI is InChI=1S/C16H31NO/c1-4-13-5-7-15(8-6-13)16(18)10-14(11-17)9-12(2)3/h12-15H,4-11,17H2,1-3H3. The lowest BCUT2D eigenvalue weighted by Gasteiger charge is -2.28. The van der Waals surface area contributed by atoms with Crippen molar-refractivity contribution in [1.82, 2.24) is 0 Å². The van der Waals surface area contributed by atoms with E-state index in [2.05, 4.69) is 20.8 Å². The smallest absolute Gasteiger partial charge is 0.136 e. The van der Waals surface area contributed by atoms with Gasteiger partial charge in [0.1, 0.15) is 5.78 Å². The van der Waals surface area contributed by atoms with Crippen molar-refractivity contribution in [2.75, 3.05) is 6.54 Å². The highest BCUT2D eigenvalue weighted by Crippen LogP contribution is 2.32. The molecule has 0 saturated heterocycles. The second-order valence-corrected chi connectivity index (χ2v) is 6.53. The average molecular weight is 253 g/mol. The summed E-state index contributed by atoms with van der Waals surface area (Å²) in [5.74, 6) is 2.74. The first kappa shape index (κ1) is 15.7. The van der Waals surface area contributed by atoms with E-state index in [1.54, 1.807) is 0 Å².